The first-order valence-electron chi connectivity index (χ1n) is 8.79. The Morgan fingerprint density at radius 3 is 2.59 bits per heavy atom. The number of fused-ring (bicyclic) bond motifs is 1. The van der Waals surface area contributed by atoms with Crippen LogP contribution in [0.3, 0.4) is 0 Å². The Balaban J connectivity index is 1.68. The van der Waals surface area contributed by atoms with Crippen LogP contribution in [0, 0.1) is 0 Å². The molecule has 7 nitrogen and oxygen atoms in total. The average molecular weight is 406 g/mol. The molecule has 0 bridgehead atoms. The fourth-order valence-corrected chi connectivity index (χ4v) is 3.14. The predicted octanol–water partition coefficient (Wildman–Crippen LogP) is 4.26. The minimum atomic E-state index is -0.403. The summed E-state index contributed by atoms with van der Waals surface area (Å²) in [6.45, 7) is 1.40. The van der Waals surface area contributed by atoms with E-state index >= 15 is 0 Å². The smallest absolute Gasteiger partial charge is 0.261 e. The maximum absolute atomic E-state index is 12.9. The van der Waals surface area contributed by atoms with Gasteiger partial charge in [0.25, 0.3) is 5.91 Å². The van der Waals surface area contributed by atoms with E-state index in [4.69, 9.17) is 11.6 Å². The van der Waals surface area contributed by atoms with E-state index in [0.717, 1.165) is 11.3 Å². The van der Waals surface area contributed by atoms with Gasteiger partial charge in [0.15, 0.2) is 5.65 Å². The van der Waals surface area contributed by atoms with Gasteiger partial charge in [0, 0.05) is 24.4 Å². The van der Waals surface area contributed by atoms with Gasteiger partial charge in [-0.2, -0.15) is 5.10 Å². The number of carbonyl (C=O) groups is 2. The molecule has 0 saturated heterocycles. The van der Waals surface area contributed by atoms with Crippen molar-refractivity contribution in [1.82, 2.24) is 14.6 Å². The lowest BCUT2D eigenvalue weighted by Gasteiger charge is -2.09. The molecule has 2 heterocycles. The van der Waals surface area contributed by atoms with Crippen LogP contribution in [0.25, 0.3) is 16.9 Å². The van der Waals surface area contributed by atoms with Crippen LogP contribution in [0.5, 0.6) is 0 Å². The van der Waals surface area contributed by atoms with Crippen LogP contribution in [0.1, 0.15) is 17.3 Å². The van der Waals surface area contributed by atoms with E-state index in [9.17, 15) is 9.59 Å². The molecule has 0 radical (unpaired) electrons. The van der Waals surface area contributed by atoms with Gasteiger partial charge in [-0.3, -0.25) is 9.59 Å². The highest BCUT2D eigenvalue weighted by molar-refractivity contribution is 6.34. The first-order chi connectivity index (χ1) is 14.0. The van der Waals surface area contributed by atoms with Crippen LogP contribution in [0.15, 0.2) is 67.0 Å². The minimum absolute atomic E-state index is 0.218. The van der Waals surface area contributed by atoms with Crippen LogP contribution in [0.4, 0.5) is 11.4 Å². The summed E-state index contributed by atoms with van der Waals surface area (Å²) in [5.74, 6) is -0.621. The van der Waals surface area contributed by atoms with Crippen LogP contribution in [0.2, 0.25) is 5.02 Å². The molecule has 4 aromatic rings. The topological polar surface area (TPSA) is 88.4 Å². The average Bonchev–Trinajstić information content (AvgIpc) is 3.15. The molecular formula is C21H16ClN5O2. The van der Waals surface area contributed by atoms with E-state index in [2.05, 4.69) is 20.7 Å². The summed E-state index contributed by atoms with van der Waals surface area (Å²) in [7, 11) is 0. The standard InChI is InChI=1S/C21H16ClN5O2/c1-13(28)25-15-7-8-17(22)18(11-15)26-21(29)16-12-24-27-19(9-10-23-20(16)27)14-5-3-2-4-6-14/h2-12H,1H3,(H,25,28)(H,26,29). The van der Waals surface area contributed by atoms with Crippen molar-refractivity contribution in [2.75, 3.05) is 10.6 Å². The molecule has 0 aliphatic carbocycles. The second-order valence-electron chi connectivity index (χ2n) is 6.32. The molecule has 2 aromatic carbocycles. The highest BCUT2D eigenvalue weighted by Crippen LogP contribution is 2.27. The van der Waals surface area contributed by atoms with Gasteiger partial charge in [-0.1, -0.05) is 41.9 Å². The number of nitrogens with one attached hydrogen (secondary N) is 2. The number of anilines is 2. The summed E-state index contributed by atoms with van der Waals surface area (Å²) < 4.78 is 1.62. The third kappa shape index (κ3) is 3.81. The Morgan fingerprint density at radius 1 is 1.03 bits per heavy atom. The van der Waals surface area contributed by atoms with Crippen molar-refractivity contribution in [2.45, 2.75) is 6.92 Å². The number of hydrogen-bond acceptors (Lipinski definition) is 4. The van der Waals surface area contributed by atoms with Crippen LogP contribution < -0.4 is 10.6 Å². The molecule has 144 valence electrons. The van der Waals surface area contributed by atoms with Crippen molar-refractivity contribution in [3.63, 3.8) is 0 Å². The highest BCUT2D eigenvalue weighted by Gasteiger charge is 2.17. The quantitative estimate of drug-likeness (QED) is 0.531. The summed E-state index contributed by atoms with van der Waals surface area (Å²) in [6, 6.07) is 16.4. The molecule has 0 fully saturated rings. The maximum Gasteiger partial charge on any atom is 0.261 e. The van der Waals surface area contributed by atoms with E-state index in [1.165, 1.54) is 13.1 Å². The van der Waals surface area contributed by atoms with Gasteiger partial charge >= 0.3 is 0 Å². The molecule has 2 amide bonds. The molecule has 2 N–H and O–H groups in total. The predicted molar refractivity (Wildman–Crippen MR) is 112 cm³/mol. The SMILES string of the molecule is CC(=O)Nc1ccc(Cl)c(NC(=O)c2cnn3c(-c4ccccc4)ccnc23)c1. The molecule has 0 aliphatic heterocycles. The molecule has 0 aliphatic rings. The number of aromatic nitrogens is 3. The Morgan fingerprint density at radius 2 is 1.83 bits per heavy atom. The number of carbonyl (C=O) groups excluding carboxylic acids is 2. The third-order valence-electron chi connectivity index (χ3n) is 4.25. The second kappa shape index (κ2) is 7.73. The van der Waals surface area contributed by atoms with Crippen molar-refractivity contribution < 1.29 is 9.59 Å². The third-order valence-corrected chi connectivity index (χ3v) is 4.58. The van der Waals surface area contributed by atoms with Crippen molar-refractivity contribution in [3.8, 4) is 11.3 Å². The molecule has 0 saturated carbocycles. The minimum Gasteiger partial charge on any atom is -0.326 e. The summed E-state index contributed by atoms with van der Waals surface area (Å²) in [5.41, 5.74) is 3.42. The van der Waals surface area contributed by atoms with E-state index in [-0.39, 0.29) is 5.91 Å². The largest absolute Gasteiger partial charge is 0.326 e. The number of amides is 2. The van der Waals surface area contributed by atoms with E-state index in [1.54, 1.807) is 28.9 Å². The Labute approximate surface area is 171 Å². The number of benzene rings is 2. The summed E-state index contributed by atoms with van der Waals surface area (Å²) in [6.07, 6.45) is 3.11. The molecular weight excluding hydrogens is 390 g/mol. The second-order valence-corrected chi connectivity index (χ2v) is 6.73. The van der Waals surface area contributed by atoms with E-state index in [0.29, 0.717) is 27.6 Å². The van der Waals surface area contributed by atoms with Crippen LogP contribution in [-0.4, -0.2) is 26.4 Å². The first kappa shape index (κ1) is 18.6. The van der Waals surface area contributed by atoms with E-state index in [1.807, 2.05) is 36.4 Å². The van der Waals surface area contributed by atoms with Crippen molar-refractivity contribution >= 4 is 40.4 Å². The molecule has 0 unspecified atom stereocenters. The van der Waals surface area contributed by atoms with Gasteiger partial charge in [0.1, 0.15) is 5.56 Å². The normalized spacial score (nSPS) is 10.7. The Kier molecular flexibility index (Phi) is 4.97. The van der Waals surface area contributed by atoms with Gasteiger partial charge in [0.2, 0.25) is 5.91 Å². The Bertz CT molecular complexity index is 1220. The van der Waals surface area contributed by atoms with Crippen molar-refractivity contribution in [1.29, 1.82) is 0 Å². The van der Waals surface area contributed by atoms with Crippen molar-refractivity contribution in [2.24, 2.45) is 0 Å². The lowest BCUT2D eigenvalue weighted by molar-refractivity contribution is -0.114. The zero-order chi connectivity index (χ0) is 20.4. The van der Waals surface area contributed by atoms with Gasteiger partial charge in [0.05, 0.1) is 22.6 Å². The van der Waals surface area contributed by atoms with Gasteiger partial charge < -0.3 is 10.6 Å². The zero-order valence-corrected chi connectivity index (χ0v) is 16.1. The fraction of sp³-hybridized carbons (Fsp3) is 0.0476. The first-order valence-corrected chi connectivity index (χ1v) is 9.17. The van der Waals surface area contributed by atoms with Gasteiger partial charge in [-0.15, -0.1) is 0 Å². The monoisotopic (exact) mass is 405 g/mol. The maximum atomic E-state index is 12.9. The Hall–Kier alpha value is -3.71. The van der Waals surface area contributed by atoms with Crippen LogP contribution in [-0.2, 0) is 4.79 Å². The summed E-state index contributed by atoms with van der Waals surface area (Å²) in [4.78, 5) is 28.5. The summed E-state index contributed by atoms with van der Waals surface area (Å²) in [5, 5.41) is 10.1. The molecule has 8 heteroatoms. The van der Waals surface area contributed by atoms with Crippen LogP contribution >= 0.6 is 11.6 Å². The number of nitrogens with zero attached hydrogens (tertiary/aromatic N) is 3. The lowest BCUT2D eigenvalue weighted by atomic mass is 10.1. The highest BCUT2D eigenvalue weighted by atomic mass is 35.5. The van der Waals surface area contributed by atoms with Crippen molar-refractivity contribution in [3.05, 3.63) is 77.6 Å². The molecule has 4 rings (SSSR count). The summed E-state index contributed by atoms with van der Waals surface area (Å²) >= 11 is 6.20. The lowest BCUT2D eigenvalue weighted by Crippen LogP contribution is -2.13. The molecule has 29 heavy (non-hydrogen) atoms. The molecule has 2 aromatic heterocycles. The van der Waals surface area contributed by atoms with Gasteiger partial charge in [-0.05, 0) is 24.3 Å². The molecule has 0 atom stereocenters. The zero-order valence-electron chi connectivity index (χ0n) is 15.4. The number of hydrogen-bond donors (Lipinski definition) is 2. The molecule has 0 spiro atoms. The fourth-order valence-electron chi connectivity index (χ4n) is 2.97. The number of halogens is 1. The van der Waals surface area contributed by atoms with E-state index < -0.39 is 5.91 Å². The number of rotatable bonds is 4. The van der Waals surface area contributed by atoms with Gasteiger partial charge in [-0.25, -0.2) is 9.50 Å².